The van der Waals surface area contributed by atoms with Gasteiger partial charge in [-0.2, -0.15) is 0 Å². The summed E-state index contributed by atoms with van der Waals surface area (Å²) in [6.07, 6.45) is 6.75. The molecule has 0 bridgehead atoms. The molecule has 0 saturated carbocycles. The van der Waals surface area contributed by atoms with Crippen molar-refractivity contribution < 1.29 is 9.13 Å². The van der Waals surface area contributed by atoms with E-state index in [9.17, 15) is 4.39 Å². The summed E-state index contributed by atoms with van der Waals surface area (Å²) in [4.78, 5) is 21.3. The molecule has 6 rings (SSSR count). The standard InChI is InChI=1S/C27H28FN7O/c1-16-30-23-11-18(13-29-26(23)31-16)17-4-7-24-19(10-17)14-35(8-9-36-24)27-21-12-20(28)5-6-22(21)32-25(33-27)15-34(2)3/h4-7,10-13,22H,8-9,14-15H2,1-3H3,(H,32,33)(H,29,30,31). The molecule has 9 heteroatoms. The van der Waals surface area contributed by atoms with Gasteiger partial charge in [-0.3, -0.25) is 4.99 Å². The average Bonchev–Trinajstić information content (AvgIpc) is 3.09. The molecule has 4 heterocycles. The molecule has 3 aliphatic rings. The van der Waals surface area contributed by atoms with E-state index in [2.05, 4.69) is 48.3 Å². The quantitative estimate of drug-likeness (QED) is 0.587. The Balaban J connectivity index is 1.35. The van der Waals surface area contributed by atoms with E-state index < -0.39 is 0 Å². The number of halogens is 1. The van der Waals surface area contributed by atoms with Gasteiger partial charge >= 0.3 is 0 Å². The number of aryl methyl sites for hydroxylation is 1. The number of imidazole rings is 1. The largest absolute Gasteiger partial charge is 0.491 e. The van der Waals surface area contributed by atoms with Crippen molar-refractivity contribution in [1.82, 2.24) is 30.1 Å². The number of hydrogen-bond acceptors (Lipinski definition) is 7. The van der Waals surface area contributed by atoms with Crippen LogP contribution in [0.2, 0.25) is 0 Å². The predicted octanol–water partition coefficient (Wildman–Crippen LogP) is 3.69. The number of aromatic nitrogens is 3. The Bertz CT molecular complexity index is 1470. The minimum Gasteiger partial charge on any atom is -0.491 e. The maximum Gasteiger partial charge on any atom is 0.177 e. The van der Waals surface area contributed by atoms with Crippen LogP contribution < -0.4 is 10.1 Å². The third kappa shape index (κ3) is 4.26. The number of aromatic amines is 1. The van der Waals surface area contributed by atoms with E-state index in [1.807, 2.05) is 39.4 Å². The normalized spacial score (nSPS) is 19.4. The first kappa shape index (κ1) is 22.5. The minimum atomic E-state index is -0.266. The number of fused-ring (bicyclic) bond motifs is 3. The summed E-state index contributed by atoms with van der Waals surface area (Å²) in [5.41, 5.74) is 5.57. The number of rotatable bonds is 4. The van der Waals surface area contributed by atoms with E-state index >= 15 is 0 Å². The Hall–Kier alpha value is -3.98. The van der Waals surface area contributed by atoms with Gasteiger partial charge in [0.2, 0.25) is 0 Å². The summed E-state index contributed by atoms with van der Waals surface area (Å²) in [6, 6.07) is 8.10. The predicted molar refractivity (Wildman–Crippen MR) is 138 cm³/mol. The SMILES string of the molecule is Cc1nc2ncc(-c3ccc4c(c3)CN(C3=C5C=C(F)C=CC5N=C(CN(C)C)N3)CCO4)cc2[nH]1. The third-order valence-electron chi connectivity index (χ3n) is 6.49. The number of aliphatic imine (C=N–C) groups is 1. The zero-order chi connectivity index (χ0) is 24.8. The molecule has 184 valence electrons. The van der Waals surface area contributed by atoms with Crippen molar-refractivity contribution in [3.05, 3.63) is 77.3 Å². The van der Waals surface area contributed by atoms with Gasteiger partial charge in [0.05, 0.1) is 24.6 Å². The van der Waals surface area contributed by atoms with Gasteiger partial charge in [0.1, 0.15) is 35.7 Å². The van der Waals surface area contributed by atoms with Crippen molar-refractivity contribution in [1.29, 1.82) is 0 Å². The monoisotopic (exact) mass is 485 g/mol. The molecule has 8 nitrogen and oxygen atoms in total. The molecule has 0 spiro atoms. The van der Waals surface area contributed by atoms with E-state index in [0.29, 0.717) is 31.9 Å². The molecule has 2 aliphatic heterocycles. The summed E-state index contributed by atoms with van der Waals surface area (Å²) in [5.74, 6) is 3.17. The topological polar surface area (TPSA) is 81.7 Å². The molecule has 3 aromatic rings. The first-order valence-corrected chi connectivity index (χ1v) is 12.0. The van der Waals surface area contributed by atoms with Crippen molar-refractivity contribution in [2.24, 2.45) is 4.99 Å². The van der Waals surface area contributed by atoms with Crippen molar-refractivity contribution in [3.8, 4) is 16.9 Å². The molecule has 0 radical (unpaired) electrons. The molecule has 1 unspecified atom stereocenters. The van der Waals surface area contributed by atoms with Crippen molar-refractivity contribution in [2.75, 3.05) is 33.8 Å². The zero-order valence-corrected chi connectivity index (χ0v) is 20.5. The van der Waals surface area contributed by atoms with Gasteiger partial charge in [0.25, 0.3) is 0 Å². The summed E-state index contributed by atoms with van der Waals surface area (Å²) in [5, 5.41) is 3.49. The van der Waals surface area contributed by atoms with E-state index in [1.54, 1.807) is 6.08 Å². The molecule has 36 heavy (non-hydrogen) atoms. The van der Waals surface area contributed by atoms with Crippen LogP contribution >= 0.6 is 0 Å². The van der Waals surface area contributed by atoms with Gasteiger partial charge < -0.3 is 24.8 Å². The lowest BCUT2D eigenvalue weighted by molar-refractivity contribution is 0.255. The molecular formula is C27H28FN7O. The second-order valence-electron chi connectivity index (χ2n) is 9.59. The van der Waals surface area contributed by atoms with Gasteiger partial charge in [-0.1, -0.05) is 12.1 Å². The Labute approximate surface area is 208 Å². The fourth-order valence-corrected chi connectivity index (χ4v) is 4.88. The number of amidine groups is 1. The van der Waals surface area contributed by atoms with Crippen LogP contribution in [0.1, 0.15) is 11.4 Å². The summed E-state index contributed by atoms with van der Waals surface area (Å²) >= 11 is 0. The second-order valence-corrected chi connectivity index (χ2v) is 9.59. The zero-order valence-electron chi connectivity index (χ0n) is 20.5. The van der Waals surface area contributed by atoms with Gasteiger partial charge in [-0.05, 0) is 56.9 Å². The number of ether oxygens (including phenoxy) is 1. The lowest BCUT2D eigenvalue weighted by atomic mass is 9.99. The number of hydrogen-bond donors (Lipinski definition) is 2. The first-order valence-electron chi connectivity index (χ1n) is 12.0. The fraction of sp³-hybridized carbons (Fsp3) is 0.296. The lowest BCUT2D eigenvalue weighted by Gasteiger charge is -2.34. The van der Waals surface area contributed by atoms with Crippen LogP contribution in [0.4, 0.5) is 4.39 Å². The molecule has 1 atom stereocenters. The highest BCUT2D eigenvalue weighted by Crippen LogP contribution is 2.33. The highest BCUT2D eigenvalue weighted by molar-refractivity contribution is 5.88. The molecular weight excluding hydrogens is 457 g/mol. The van der Waals surface area contributed by atoms with Crippen molar-refractivity contribution in [2.45, 2.75) is 19.5 Å². The van der Waals surface area contributed by atoms with Gasteiger partial charge in [0, 0.05) is 29.4 Å². The molecule has 1 aromatic carbocycles. The van der Waals surface area contributed by atoms with Gasteiger partial charge in [0.15, 0.2) is 5.65 Å². The van der Waals surface area contributed by atoms with Crippen LogP contribution in [-0.4, -0.2) is 70.4 Å². The number of nitrogens with zero attached hydrogens (tertiary/aromatic N) is 5. The van der Waals surface area contributed by atoms with Crippen molar-refractivity contribution >= 4 is 17.0 Å². The Morgan fingerprint density at radius 2 is 2.11 bits per heavy atom. The summed E-state index contributed by atoms with van der Waals surface area (Å²) < 4.78 is 20.4. The number of pyridine rings is 1. The van der Waals surface area contributed by atoms with Crippen LogP contribution in [0, 0.1) is 6.92 Å². The maximum atomic E-state index is 14.3. The lowest BCUT2D eigenvalue weighted by Crippen LogP contribution is -2.45. The summed E-state index contributed by atoms with van der Waals surface area (Å²) in [7, 11) is 4.02. The maximum absolute atomic E-state index is 14.3. The highest BCUT2D eigenvalue weighted by Gasteiger charge is 2.29. The van der Waals surface area contributed by atoms with E-state index in [1.165, 1.54) is 6.08 Å². The van der Waals surface area contributed by atoms with E-state index in [-0.39, 0.29) is 11.9 Å². The van der Waals surface area contributed by atoms with Crippen LogP contribution in [-0.2, 0) is 6.54 Å². The highest BCUT2D eigenvalue weighted by atomic mass is 19.1. The number of H-pyrrole nitrogens is 1. The number of benzene rings is 1. The van der Waals surface area contributed by atoms with Crippen LogP contribution in [0.3, 0.4) is 0 Å². The third-order valence-corrected chi connectivity index (χ3v) is 6.49. The van der Waals surface area contributed by atoms with Gasteiger partial charge in [-0.25, -0.2) is 14.4 Å². The van der Waals surface area contributed by atoms with Gasteiger partial charge in [-0.15, -0.1) is 0 Å². The fourth-order valence-electron chi connectivity index (χ4n) is 4.88. The molecule has 0 fully saturated rings. The number of nitrogens with one attached hydrogen (secondary N) is 2. The van der Waals surface area contributed by atoms with E-state index in [0.717, 1.165) is 51.0 Å². The van der Waals surface area contributed by atoms with Crippen LogP contribution in [0.15, 0.2) is 70.9 Å². The molecule has 2 aromatic heterocycles. The number of likely N-dealkylation sites (N-methyl/N-ethyl adjacent to an activating group) is 1. The Morgan fingerprint density at radius 3 is 2.97 bits per heavy atom. The van der Waals surface area contributed by atoms with Crippen LogP contribution in [0.25, 0.3) is 22.3 Å². The smallest absolute Gasteiger partial charge is 0.177 e. The molecule has 0 saturated heterocycles. The number of allylic oxidation sites excluding steroid dienone is 2. The van der Waals surface area contributed by atoms with Crippen molar-refractivity contribution in [3.63, 3.8) is 0 Å². The van der Waals surface area contributed by atoms with Crippen LogP contribution in [0.5, 0.6) is 5.75 Å². The Morgan fingerprint density at radius 1 is 1.22 bits per heavy atom. The first-order chi connectivity index (χ1) is 17.4. The average molecular weight is 486 g/mol. The molecule has 0 amide bonds. The minimum absolute atomic E-state index is 0.207. The second kappa shape index (κ2) is 8.91. The van der Waals surface area contributed by atoms with E-state index in [4.69, 9.17) is 9.73 Å². The molecule has 2 N–H and O–H groups in total. The summed E-state index contributed by atoms with van der Waals surface area (Å²) in [6.45, 7) is 4.40. The Kier molecular flexibility index (Phi) is 5.56. The molecule has 1 aliphatic carbocycles.